The Morgan fingerprint density at radius 2 is 2.11 bits per heavy atom. The van der Waals surface area contributed by atoms with Crippen molar-refractivity contribution < 1.29 is 0 Å². The fraction of sp³-hybridized carbons (Fsp3) is 0.429. The van der Waals surface area contributed by atoms with Crippen molar-refractivity contribution in [2.45, 2.75) is 32.1 Å². The molecule has 4 heteroatoms. The normalized spacial score (nSPS) is 20.2. The second-order valence-electron chi connectivity index (χ2n) is 5.28. The van der Waals surface area contributed by atoms with Crippen LogP contribution in [-0.2, 0) is 0 Å². The summed E-state index contributed by atoms with van der Waals surface area (Å²) in [6.45, 7) is 0. The number of nitrogens with zero attached hydrogens (tertiary/aromatic N) is 3. The summed E-state index contributed by atoms with van der Waals surface area (Å²) in [5, 5.41) is 3.79. The Hall–Kier alpha value is -1.25. The van der Waals surface area contributed by atoms with Crippen LogP contribution in [-0.4, -0.2) is 0 Å². The molecule has 92 valence electrons. The summed E-state index contributed by atoms with van der Waals surface area (Å²) in [6, 6.07) is 5.85. The zero-order valence-corrected chi connectivity index (χ0v) is 11.7. The molecule has 18 heavy (non-hydrogen) atoms. The Balaban J connectivity index is 1.97. The lowest BCUT2D eigenvalue weighted by molar-refractivity contribution is 0.466. The maximum Gasteiger partial charge on any atom is 0.0451 e. The van der Waals surface area contributed by atoms with E-state index < -0.39 is 0 Å². The molecular weight excluding hydrogens is 290 g/mol. The molecule has 0 radical (unpaired) electrons. The van der Waals surface area contributed by atoms with E-state index in [1.807, 2.05) is 12.1 Å². The van der Waals surface area contributed by atoms with Crippen molar-refractivity contribution in [1.82, 2.24) is 0 Å². The van der Waals surface area contributed by atoms with E-state index in [-0.39, 0.29) is 0 Å². The van der Waals surface area contributed by atoms with Crippen molar-refractivity contribution in [3.8, 4) is 0 Å². The monoisotopic (exact) mass is 303 g/mol. The van der Waals surface area contributed by atoms with Gasteiger partial charge in [-0.05, 0) is 66.3 Å². The molecule has 3 rings (SSSR count). The minimum absolute atomic E-state index is 0.633. The van der Waals surface area contributed by atoms with Crippen LogP contribution in [0.15, 0.2) is 33.9 Å². The van der Waals surface area contributed by atoms with Gasteiger partial charge in [0, 0.05) is 15.1 Å². The fourth-order valence-electron chi connectivity index (χ4n) is 2.72. The topological polar surface area (TPSA) is 48.8 Å². The van der Waals surface area contributed by atoms with E-state index in [4.69, 9.17) is 5.53 Å². The predicted molar refractivity (Wildman–Crippen MR) is 76.4 cm³/mol. The molecule has 0 aromatic heterocycles. The van der Waals surface area contributed by atoms with Gasteiger partial charge in [-0.1, -0.05) is 33.2 Å². The predicted octanol–water partition coefficient (Wildman–Crippen LogP) is 5.74. The van der Waals surface area contributed by atoms with E-state index in [9.17, 15) is 0 Å². The van der Waals surface area contributed by atoms with Gasteiger partial charge in [0.15, 0.2) is 0 Å². The number of azide groups is 1. The van der Waals surface area contributed by atoms with Gasteiger partial charge in [-0.25, -0.2) is 0 Å². The van der Waals surface area contributed by atoms with Crippen LogP contribution in [0.1, 0.15) is 37.7 Å². The Morgan fingerprint density at radius 3 is 2.72 bits per heavy atom. The number of rotatable bonds is 2. The summed E-state index contributed by atoms with van der Waals surface area (Å²) in [7, 11) is 0. The van der Waals surface area contributed by atoms with E-state index in [1.165, 1.54) is 31.3 Å². The van der Waals surface area contributed by atoms with Gasteiger partial charge in [-0.2, -0.15) is 0 Å². The highest BCUT2D eigenvalue weighted by Crippen LogP contribution is 2.56. The third-order valence-corrected chi connectivity index (χ3v) is 4.61. The van der Waals surface area contributed by atoms with Crippen molar-refractivity contribution in [1.29, 1.82) is 0 Å². The van der Waals surface area contributed by atoms with Crippen LogP contribution in [0.4, 0.5) is 5.69 Å². The van der Waals surface area contributed by atoms with E-state index >= 15 is 0 Å². The Morgan fingerprint density at radius 1 is 1.28 bits per heavy atom. The molecule has 1 spiro atoms. The molecule has 2 aliphatic carbocycles. The van der Waals surface area contributed by atoms with Gasteiger partial charge in [-0.15, -0.1) is 0 Å². The maximum atomic E-state index is 8.63. The molecule has 2 aliphatic rings. The van der Waals surface area contributed by atoms with Gasteiger partial charge < -0.3 is 0 Å². The summed E-state index contributed by atoms with van der Waals surface area (Å²) in [5.41, 5.74) is 12.4. The highest BCUT2D eigenvalue weighted by Gasteiger charge is 2.42. The van der Waals surface area contributed by atoms with Crippen LogP contribution in [0.3, 0.4) is 0 Å². The Bertz CT molecular complexity index is 566. The molecule has 0 aliphatic heterocycles. The first-order valence-electron chi connectivity index (χ1n) is 6.27. The summed E-state index contributed by atoms with van der Waals surface area (Å²) >= 11 is 3.49. The Labute approximate surface area is 115 Å². The molecule has 1 aromatic carbocycles. The first-order valence-corrected chi connectivity index (χ1v) is 7.06. The summed E-state index contributed by atoms with van der Waals surface area (Å²) in [6.07, 6.45) is 8.68. The fourth-order valence-corrected chi connectivity index (χ4v) is 3.08. The van der Waals surface area contributed by atoms with Crippen molar-refractivity contribution in [3.05, 3.63) is 44.8 Å². The van der Waals surface area contributed by atoms with E-state index in [2.05, 4.69) is 38.1 Å². The smallest absolute Gasteiger partial charge is 0.0451 e. The molecule has 0 saturated heterocycles. The van der Waals surface area contributed by atoms with E-state index in [0.717, 1.165) is 22.1 Å². The van der Waals surface area contributed by atoms with Crippen LogP contribution in [0.2, 0.25) is 0 Å². The lowest BCUT2D eigenvalue weighted by Gasteiger charge is -2.22. The first-order chi connectivity index (χ1) is 8.72. The average molecular weight is 304 g/mol. The van der Waals surface area contributed by atoms with Gasteiger partial charge in [0.1, 0.15) is 0 Å². The zero-order valence-electron chi connectivity index (χ0n) is 10.1. The third-order valence-electron chi connectivity index (χ3n) is 4.12. The van der Waals surface area contributed by atoms with Gasteiger partial charge in [0.2, 0.25) is 0 Å². The van der Waals surface area contributed by atoms with Crippen molar-refractivity contribution in [2.75, 3.05) is 0 Å². The minimum atomic E-state index is 0.633. The van der Waals surface area contributed by atoms with Gasteiger partial charge in [0.05, 0.1) is 0 Å². The zero-order chi connectivity index (χ0) is 12.6. The first kappa shape index (κ1) is 11.8. The molecule has 1 aromatic rings. The highest BCUT2D eigenvalue weighted by atomic mass is 79.9. The molecule has 1 fully saturated rings. The molecule has 0 atom stereocenters. The third kappa shape index (κ3) is 2.18. The quantitative estimate of drug-likeness (QED) is 0.380. The van der Waals surface area contributed by atoms with E-state index in [0.29, 0.717) is 5.41 Å². The van der Waals surface area contributed by atoms with Crippen molar-refractivity contribution in [3.63, 3.8) is 0 Å². The summed E-state index contributed by atoms with van der Waals surface area (Å²) in [4.78, 5) is 2.91. The lowest BCUT2D eigenvalue weighted by Crippen LogP contribution is -2.05. The minimum Gasteiger partial charge on any atom is -0.0802 e. The van der Waals surface area contributed by atoms with Crippen LogP contribution in [0.25, 0.3) is 16.0 Å². The van der Waals surface area contributed by atoms with Gasteiger partial charge >= 0.3 is 0 Å². The second kappa shape index (κ2) is 4.45. The molecule has 0 heterocycles. The van der Waals surface area contributed by atoms with Gasteiger partial charge in [0.25, 0.3) is 0 Å². The Kier molecular flexibility index (Phi) is 2.92. The molecular formula is C14H14BrN3. The van der Waals surface area contributed by atoms with Crippen LogP contribution in [0.5, 0.6) is 0 Å². The molecule has 0 unspecified atom stereocenters. The molecule has 0 bridgehead atoms. The SMILES string of the molecule is [N-]=[N+]=Nc1ccc(Br)cc1C1=CCC2(CC1)CC2. The average Bonchev–Trinajstić information content (AvgIpc) is 3.13. The molecule has 0 N–H and O–H groups in total. The number of benzene rings is 1. The van der Waals surface area contributed by atoms with Crippen molar-refractivity contribution >= 4 is 27.2 Å². The van der Waals surface area contributed by atoms with E-state index in [1.54, 1.807) is 0 Å². The highest BCUT2D eigenvalue weighted by molar-refractivity contribution is 9.10. The van der Waals surface area contributed by atoms with Gasteiger partial charge in [-0.3, -0.25) is 0 Å². The van der Waals surface area contributed by atoms with Crippen LogP contribution in [0, 0.1) is 5.41 Å². The standard InChI is InChI=1S/C14H14BrN3/c15-11-1-2-13(17-18-16)12(9-11)10-3-5-14(6-4-10)7-8-14/h1-3,9H,4-8H2. The van der Waals surface area contributed by atoms with Crippen LogP contribution >= 0.6 is 15.9 Å². The van der Waals surface area contributed by atoms with Crippen LogP contribution < -0.4 is 0 Å². The number of hydrogen-bond donors (Lipinski definition) is 0. The summed E-state index contributed by atoms with van der Waals surface area (Å²) in [5.74, 6) is 0. The molecule has 3 nitrogen and oxygen atoms in total. The number of halogens is 1. The second-order valence-corrected chi connectivity index (χ2v) is 6.20. The maximum absolute atomic E-state index is 8.63. The number of hydrogen-bond acceptors (Lipinski definition) is 1. The number of allylic oxidation sites excluding steroid dienone is 2. The summed E-state index contributed by atoms with van der Waals surface area (Å²) < 4.78 is 1.03. The molecule has 1 saturated carbocycles. The largest absolute Gasteiger partial charge is 0.0802 e. The molecule has 0 amide bonds. The van der Waals surface area contributed by atoms with Crippen molar-refractivity contribution in [2.24, 2.45) is 10.5 Å². The lowest BCUT2D eigenvalue weighted by atomic mass is 9.84.